The number of fused-ring (bicyclic) bond motifs is 20. The molecular formula is C100H74B4N4. The Balaban J connectivity index is 0.0000000919. The number of nitrogens with zero attached hydrogens (tertiary/aromatic N) is 4. The van der Waals surface area contributed by atoms with Crippen molar-refractivity contribution in [2.45, 2.75) is 39.6 Å². The van der Waals surface area contributed by atoms with Crippen LogP contribution in [-0.4, -0.2) is 32.9 Å². The lowest BCUT2D eigenvalue weighted by molar-refractivity contribution is 0.782. The maximum absolute atomic E-state index is 2.55. The molecule has 0 N–H and O–H groups in total. The largest absolute Gasteiger partial charge is 0.335 e. The molecule has 0 saturated heterocycles. The maximum atomic E-state index is 2.55. The topological polar surface area (TPSA) is 13.0 Å². The van der Waals surface area contributed by atoms with Crippen LogP contribution in [0.25, 0.3) is 39.0 Å². The van der Waals surface area contributed by atoms with E-state index in [0.29, 0.717) is 38.7 Å². The highest BCUT2D eigenvalue weighted by Gasteiger charge is 2.52. The number of benzene rings is 15. The fourth-order valence-electron chi connectivity index (χ4n) is 20.1. The number of allylic oxidation sites excluding steroid dienone is 2. The third-order valence-electron chi connectivity index (χ3n) is 24.3. The molecule has 0 fully saturated rings. The Morgan fingerprint density at radius 1 is 0.259 bits per heavy atom. The van der Waals surface area contributed by atoms with E-state index in [1.54, 1.807) is 0 Å². The molecule has 108 heavy (non-hydrogen) atoms. The Hall–Kier alpha value is -12.8. The van der Waals surface area contributed by atoms with E-state index in [4.69, 9.17) is 0 Å². The minimum Gasteiger partial charge on any atom is -0.335 e. The van der Waals surface area contributed by atoms with Crippen LogP contribution in [0.4, 0.5) is 62.6 Å². The van der Waals surface area contributed by atoms with Crippen molar-refractivity contribution >= 4 is 155 Å². The van der Waals surface area contributed by atoms with Crippen LogP contribution >= 0.6 is 0 Å². The van der Waals surface area contributed by atoms with E-state index in [2.05, 4.69) is 411 Å². The minimum absolute atomic E-state index is 0.322. The molecule has 0 aromatic heterocycles. The van der Waals surface area contributed by atoms with Crippen LogP contribution in [0.15, 0.2) is 364 Å². The van der Waals surface area contributed by atoms with Crippen molar-refractivity contribution < 1.29 is 0 Å². The molecule has 1 unspecified atom stereocenters. The zero-order chi connectivity index (χ0) is 71.8. The van der Waals surface area contributed by atoms with E-state index in [-0.39, 0.29) is 0 Å². The fraction of sp³-hybridized carbons (Fsp3) is 0.0600. The third-order valence-corrected chi connectivity index (χ3v) is 24.3. The Labute approximate surface area is 635 Å². The first-order chi connectivity index (χ1) is 53.3. The maximum Gasteiger partial charge on any atom is 0.248 e. The molecule has 9 aliphatic rings. The Morgan fingerprint density at radius 2 is 0.667 bits per heavy atom. The monoisotopic (exact) mass is 1370 g/mol. The molecule has 0 saturated carbocycles. The first kappa shape index (κ1) is 63.7. The molecule has 2 atom stereocenters. The van der Waals surface area contributed by atoms with Gasteiger partial charge in [-0.1, -0.05) is 312 Å². The van der Waals surface area contributed by atoms with Crippen molar-refractivity contribution in [2.75, 3.05) is 19.6 Å². The van der Waals surface area contributed by atoms with Gasteiger partial charge in [-0.15, -0.1) is 0 Å². The van der Waals surface area contributed by atoms with E-state index in [1.807, 2.05) is 0 Å². The molecule has 0 bridgehead atoms. The van der Waals surface area contributed by atoms with Crippen LogP contribution in [0.2, 0.25) is 5.82 Å². The van der Waals surface area contributed by atoms with Crippen LogP contribution in [0.1, 0.15) is 27.8 Å². The molecule has 24 rings (SSSR count). The summed E-state index contributed by atoms with van der Waals surface area (Å²) < 4.78 is 0. The van der Waals surface area contributed by atoms with Crippen LogP contribution < -0.4 is 79.7 Å². The number of para-hydroxylation sites is 6. The van der Waals surface area contributed by atoms with Gasteiger partial charge in [0.15, 0.2) is 0 Å². The highest BCUT2D eigenvalue weighted by Crippen LogP contribution is 2.51. The van der Waals surface area contributed by atoms with Crippen molar-refractivity contribution in [3.8, 4) is 33.4 Å². The fourth-order valence-corrected chi connectivity index (χ4v) is 20.1. The molecule has 8 aliphatic heterocycles. The van der Waals surface area contributed by atoms with Gasteiger partial charge in [-0.05, 0) is 213 Å². The van der Waals surface area contributed by atoms with Crippen molar-refractivity contribution in [3.63, 3.8) is 0 Å². The summed E-state index contributed by atoms with van der Waals surface area (Å²) in [4.78, 5) is 9.82. The second-order valence-electron chi connectivity index (χ2n) is 30.2. The molecule has 1 aliphatic carbocycles. The Bertz CT molecular complexity index is 6210. The lowest BCUT2D eigenvalue weighted by Gasteiger charge is -2.45. The zero-order valence-corrected chi connectivity index (χ0v) is 60.9. The van der Waals surface area contributed by atoms with Gasteiger partial charge < -0.3 is 19.6 Å². The van der Waals surface area contributed by atoms with E-state index in [9.17, 15) is 0 Å². The number of anilines is 11. The lowest BCUT2D eigenvalue weighted by Crippen LogP contribution is -2.56. The van der Waals surface area contributed by atoms with E-state index in [1.165, 1.54) is 189 Å². The van der Waals surface area contributed by atoms with Gasteiger partial charge in [-0.3, -0.25) is 0 Å². The molecular weight excluding hydrogens is 1300 g/mol. The van der Waals surface area contributed by atoms with E-state index >= 15 is 0 Å². The summed E-state index contributed by atoms with van der Waals surface area (Å²) in [5.41, 5.74) is 46.5. The highest BCUT2D eigenvalue weighted by molar-refractivity contribution is 7.03. The molecule has 8 heteroatoms. The summed E-state index contributed by atoms with van der Waals surface area (Å²) >= 11 is 0. The molecule has 15 aromatic carbocycles. The smallest absolute Gasteiger partial charge is 0.248 e. The van der Waals surface area contributed by atoms with Crippen molar-refractivity contribution in [2.24, 2.45) is 0 Å². The van der Waals surface area contributed by atoms with E-state index < -0.39 is 0 Å². The highest BCUT2D eigenvalue weighted by atomic mass is 15.2. The summed E-state index contributed by atoms with van der Waals surface area (Å²) in [7, 11) is 0. The SMILES string of the molecule is Cc1ccc2c(c1)-c1cccc3c1B2c1ccccc1N3c1ccccc1.Cc1ccc2c(c1)B1c3ccccc3-c3cccc(c31)N2c1ccccc1.Cc1cccc2c1-c1cccc3c1B2c1ccccc1N3c1ccccc1.Cc1cccc2c1B1c3ccccc3C3=CC=CC([C@H]13)N2c1ccccc1. The van der Waals surface area contributed by atoms with Crippen LogP contribution in [-0.2, 0) is 0 Å². The predicted octanol–water partition coefficient (Wildman–Crippen LogP) is 17.3. The van der Waals surface area contributed by atoms with Crippen molar-refractivity contribution in [3.05, 3.63) is 392 Å². The van der Waals surface area contributed by atoms with Crippen LogP contribution in [0.3, 0.4) is 0 Å². The van der Waals surface area contributed by atoms with Gasteiger partial charge in [0.25, 0.3) is 0 Å². The normalized spacial score (nSPS) is 15.3. The van der Waals surface area contributed by atoms with E-state index in [0.717, 1.165) is 0 Å². The summed E-state index contributed by atoms with van der Waals surface area (Å²) in [6.07, 6.45) is 6.99. The number of aryl methyl sites for hydroxylation is 4. The molecule has 0 amide bonds. The van der Waals surface area contributed by atoms with Gasteiger partial charge in [0.05, 0.1) is 6.04 Å². The van der Waals surface area contributed by atoms with Gasteiger partial charge in [-0.2, -0.15) is 0 Å². The average Bonchev–Trinajstić information content (AvgIpc) is 1.55. The standard InChI is InChI=1S/C25H18BN.C25H20BN.2C25H18BN/c1-17-9-7-14-21-24(17)19-12-8-16-23-25(19)26(21)20-13-5-6-15-22(20)27(23)18-10-3-2-4-11-18;1-17-9-7-15-22-24(17)26-21-14-6-5-12-19(21)20-13-8-16-23(25(20)26)27(22)18-10-3-2-4-11-18;1-17-14-15-21-20(16-17)19-10-7-13-24-25(19)26(21)22-11-5-6-12-23(22)27(24)18-8-3-2-4-9-18;1-17-14-15-23-22(16-17)26-21-12-6-5-10-19(21)20-11-7-13-24(25(20)26)27(23)18-8-3-2-4-9-18/h2-16H,1H3;2-16,23,25H,1H3;2*2-16H,1H3/t;23?,25-;;/m.1../s1. The van der Waals surface area contributed by atoms with Crippen molar-refractivity contribution in [1.82, 2.24) is 0 Å². The van der Waals surface area contributed by atoms with Gasteiger partial charge in [-0.25, -0.2) is 0 Å². The molecule has 8 heterocycles. The van der Waals surface area contributed by atoms with Crippen LogP contribution in [0, 0.1) is 27.7 Å². The minimum atomic E-state index is 0.322. The number of rotatable bonds is 4. The summed E-state index contributed by atoms with van der Waals surface area (Å²) in [6.45, 7) is 10.3. The quantitative estimate of drug-likeness (QED) is 0.163. The van der Waals surface area contributed by atoms with Crippen molar-refractivity contribution in [1.29, 1.82) is 0 Å². The number of hydrogen-bond acceptors (Lipinski definition) is 4. The van der Waals surface area contributed by atoms with Gasteiger partial charge in [0.2, 0.25) is 26.9 Å². The number of hydrogen-bond donors (Lipinski definition) is 0. The summed E-state index contributed by atoms with van der Waals surface area (Å²) in [5.74, 6) is 0.473. The summed E-state index contributed by atoms with van der Waals surface area (Å²) in [5, 5.41) is 0. The first-order valence-corrected chi connectivity index (χ1v) is 38.3. The van der Waals surface area contributed by atoms with Gasteiger partial charge in [0.1, 0.15) is 0 Å². The summed E-state index contributed by atoms with van der Waals surface area (Å²) in [6, 6.07) is 127. The van der Waals surface area contributed by atoms with Gasteiger partial charge >= 0.3 is 0 Å². The Morgan fingerprint density at radius 3 is 1.29 bits per heavy atom. The molecule has 506 valence electrons. The second-order valence-corrected chi connectivity index (χ2v) is 30.2. The zero-order valence-electron chi connectivity index (χ0n) is 60.9. The molecule has 0 spiro atoms. The third kappa shape index (κ3) is 9.75. The lowest BCUT2D eigenvalue weighted by atomic mass is 9.32. The van der Waals surface area contributed by atoms with Crippen LogP contribution in [0.5, 0.6) is 0 Å². The Kier molecular flexibility index (Phi) is 15.0. The molecule has 4 nitrogen and oxygen atoms in total. The predicted molar refractivity (Wildman–Crippen MR) is 464 cm³/mol. The molecule has 15 aromatic rings. The first-order valence-electron chi connectivity index (χ1n) is 38.3. The molecule has 0 radical (unpaired) electrons. The van der Waals surface area contributed by atoms with Gasteiger partial charge in [0, 0.05) is 62.6 Å². The average molecular weight is 1370 g/mol. The second kappa shape index (κ2) is 25.5.